The van der Waals surface area contributed by atoms with Crippen LogP contribution in [0.2, 0.25) is 0 Å². The molecular formula is C9H11NO. The number of ether oxygens (including phenoxy) is 1. The first-order valence-electron chi connectivity index (χ1n) is 3.90. The Bertz CT molecular complexity index is 238. The largest absolute Gasteiger partial charge is 0.494 e. The molecule has 58 valence electrons. The molecule has 0 spiro atoms. The Labute approximate surface area is 66.2 Å². The van der Waals surface area contributed by atoms with Gasteiger partial charge in [0.15, 0.2) is 0 Å². The van der Waals surface area contributed by atoms with Gasteiger partial charge < -0.3 is 10.1 Å². The molecule has 0 aromatic heterocycles. The topological polar surface area (TPSA) is 21.3 Å². The van der Waals surface area contributed by atoms with Crippen LogP contribution < -0.4 is 5.32 Å². The van der Waals surface area contributed by atoms with Gasteiger partial charge in [-0.3, -0.25) is 0 Å². The molecule has 0 aromatic rings. The van der Waals surface area contributed by atoms with Crippen molar-refractivity contribution in [1.29, 1.82) is 0 Å². The van der Waals surface area contributed by atoms with Crippen LogP contribution in [0.25, 0.3) is 0 Å². The third-order valence-corrected chi connectivity index (χ3v) is 1.81. The van der Waals surface area contributed by atoms with E-state index in [0.29, 0.717) is 0 Å². The van der Waals surface area contributed by atoms with Gasteiger partial charge >= 0.3 is 0 Å². The van der Waals surface area contributed by atoms with Gasteiger partial charge in [-0.2, -0.15) is 0 Å². The molecule has 1 heterocycles. The van der Waals surface area contributed by atoms with Crippen molar-refractivity contribution >= 4 is 0 Å². The zero-order valence-electron chi connectivity index (χ0n) is 6.34. The van der Waals surface area contributed by atoms with E-state index < -0.39 is 0 Å². The first-order chi connectivity index (χ1) is 5.47. The molecule has 0 aromatic carbocycles. The predicted octanol–water partition coefficient (Wildman–Crippen LogP) is 1.33. The monoisotopic (exact) mass is 149 g/mol. The summed E-state index contributed by atoms with van der Waals surface area (Å²) in [5, 5.41) is 3.29. The molecule has 0 fully saturated rings. The van der Waals surface area contributed by atoms with Gasteiger partial charge in [-0.15, -0.1) is 0 Å². The summed E-state index contributed by atoms with van der Waals surface area (Å²) in [6, 6.07) is 0. The van der Waals surface area contributed by atoms with Crippen molar-refractivity contribution in [1.82, 2.24) is 5.32 Å². The lowest BCUT2D eigenvalue weighted by Crippen LogP contribution is -2.25. The summed E-state index contributed by atoms with van der Waals surface area (Å²) in [4.78, 5) is 0. The van der Waals surface area contributed by atoms with Gasteiger partial charge in [0.25, 0.3) is 0 Å². The van der Waals surface area contributed by atoms with Gasteiger partial charge in [0.05, 0.1) is 5.70 Å². The summed E-state index contributed by atoms with van der Waals surface area (Å²) in [5.41, 5.74) is 1.14. The van der Waals surface area contributed by atoms with Crippen molar-refractivity contribution < 1.29 is 4.74 Å². The van der Waals surface area contributed by atoms with Gasteiger partial charge in [0.1, 0.15) is 12.4 Å². The van der Waals surface area contributed by atoms with Crippen molar-refractivity contribution in [3.05, 3.63) is 35.8 Å². The maximum Gasteiger partial charge on any atom is 0.123 e. The third kappa shape index (κ3) is 1.29. The zero-order chi connectivity index (χ0) is 7.52. The normalized spacial score (nSPS) is 21.8. The average Bonchev–Trinajstić information content (AvgIpc) is 2.28. The molecule has 0 bridgehead atoms. The highest BCUT2D eigenvalue weighted by molar-refractivity contribution is 5.29. The highest BCUT2D eigenvalue weighted by Crippen LogP contribution is 2.16. The van der Waals surface area contributed by atoms with Gasteiger partial charge in [0, 0.05) is 13.0 Å². The quantitative estimate of drug-likeness (QED) is 0.561. The molecule has 1 aliphatic carbocycles. The van der Waals surface area contributed by atoms with Gasteiger partial charge in [-0.25, -0.2) is 0 Å². The molecule has 2 heteroatoms. The smallest absolute Gasteiger partial charge is 0.123 e. The second kappa shape index (κ2) is 2.82. The summed E-state index contributed by atoms with van der Waals surface area (Å²) in [7, 11) is 0. The second-order valence-corrected chi connectivity index (χ2v) is 2.60. The van der Waals surface area contributed by atoms with Crippen LogP contribution in [0.3, 0.4) is 0 Å². The highest BCUT2D eigenvalue weighted by atomic mass is 16.5. The molecule has 0 amide bonds. The van der Waals surface area contributed by atoms with E-state index in [-0.39, 0.29) is 0 Å². The summed E-state index contributed by atoms with van der Waals surface area (Å²) in [6.07, 6.45) is 9.15. The maximum absolute atomic E-state index is 5.48. The first kappa shape index (κ1) is 6.53. The van der Waals surface area contributed by atoms with Crippen molar-refractivity contribution in [2.75, 3.05) is 13.2 Å². The Balaban J connectivity index is 2.26. The van der Waals surface area contributed by atoms with Crippen molar-refractivity contribution in [3.8, 4) is 0 Å². The number of nitrogens with one attached hydrogen (secondary N) is 1. The molecule has 0 atom stereocenters. The Hall–Kier alpha value is -1.18. The minimum absolute atomic E-state index is 0.792. The summed E-state index contributed by atoms with van der Waals surface area (Å²) in [6.45, 7) is 1.71. The molecule has 2 rings (SSSR count). The number of rotatable bonds is 0. The summed E-state index contributed by atoms with van der Waals surface area (Å²) in [5.74, 6) is 1.07. The average molecular weight is 149 g/mol. The Kier molecular flexibility index (Phi) is 1.68. The molecule has 1 N–H and O–H groups in total. The first-order valence-corrected chi connectivity index (χ1v) is 3.90. The van der Waals surface area contributed by atoms with Crippen LogP contribution in [-0.2, 0) is 4.74 Å². The van der Waals surface area contributed by atoms with Gasteiger partial charge in [-0.05, 0) is 6.08 Å². The fourth-order valence-corrected chi connectivity index (χ4v) is 1.26. The van der Waals surface area contributed by atoms with Crippen LogP contribution in [0.1, 0.15) is 6.42 Å². The number of hydrogen-bond donors (Lipinski definition) is 1. The van der Waals surface area contributed by atoms with Gasteiger partial charge in [-0.1, -0.05) is 18.2 Å². The third-order valence-electron chi connectivity index (χ3n) is 1.81. The Morgan fingerprint density at radius 2 is 2.36 bits per heavy atom. The molecule has 2 nitrogen and oxygen atoms in total. The van der Waals surface area contributed by atoms with E-state index in [4.69, 9.17) is 4.74 Å². The highest BCUT2D eigenvalue weighted by Gasteiger charge is 2.10. The molecular weight excluding hydrogens is 138 g/mol. The maximum atomic E-state index is 5.48. The predicted molar refractivity (Wildman–Crippen MR) is 43.9 cm³/mol. The minimum Gasteiger partial charge on any atom is -0.494 e. The lowest BCUT2D eigenvalue weighted by molar-refractivity contribution is 0.189. The van der Waals surface area contributed by atoms with Crippen LogP contribution in [-0.4, -0.2) is 13.2 Å². The van der Waals surface area contributed by atoms with Gasteiger partial charge in [0.2, 0.25) is 0 Å². The van der Waals surface area contributed by atoms with E-state index in [2.05, 4.69) is 17.5 Å². The standard InChI is InChI=1S/C9H11NO/c1-2-4-8-9(5-3-1)11-7-6-10-8/h1-4,10H,5-7H2. The fourth-order valence-electron chi connectivity index (χ4n) is 1.26. The van der Waals surface area contributed by atoms with Crippen molar-refractivity contribution in [2.45, 2.75) is 6.42 Å². The summed E-state index contributed by atoms with van der Waals surface area (Å²) < 4.78 is 5.48. The van der Waals surface area contributed by atoms with Crippen LogP contribution in [0.15, 0.2) is 35.8 Å². The molecule has 0 saturated carbocycles. The molecule has 0 saturated heterocycles. The molecule has 0 unspecified atom stereocenters. The zero-order valence-corrected chi connectivity index (χ0v) is 6.34. The Morgan fingerprint density at radius 1 is 1.36 bits per heavy atom. The van der Waals surface area contributed by atoms with E-state index in [1.807, 2.05) is 12.2 Å². The van der Waals surface area contributed by atoms with Crippen LogP contribution in [0.4, 0.5) is 0 Å². The Morgan fingerprint density at radius 3 is 3.36 bits per heavy atom. The number of hydrogen-bond acceptors (Lipinski definition) is 2. The van der Waals surface area contributed by atoms with E-state index in [0.717, 1.165) is 31.0 Å². The molecule has 0 radical (unpaired) electrons. The summed E-state index contributed by atoms with van der Waals surface area (Å²) >= 11 is 0. The minimum atomic E-state index is 0.792. The van der Waals surface area contributed by atoms with Crippen LogP contribution >= 0.6 is 0 Å². The van der Waals surface area contributed by atoms with Crippen LogP contribution in [0.5, 0.6) is 0 Å². The molecule has 2 aliphatic rings. The lowest BCUT2D eigenvalue weighted by atomic mass is 10.2. The molecule has 11 heavy (non-hydrogen) atoms. The van der Waals surface area contributed by atoms with E-state index in [1.54, 1.807) is 0 Å². The van der Waals surface area contributed by atoms with E-state index in [1.165, 1.54) is 0 Å². The van der Waals surface area contributed by atoms with Crippen LogP contribution in [0, 0.1) is 0 Å². The SMILES string of the molecule is C1=CCC2=C(C=C1)NCCO2. The fraction of sp³-hybridized carbons (Fsp3) is 0.333. The van der Waals surface area contributed by atoms with Crippen molar-refractivity contribution in [3.63, 3.8) is 0 Å². The van der Waals surface area contributed by atoms with E-state index in [9.17, 15) is 0 Å². The second-order valence-electron chi connectivity index (χ2n) is 2.60. The lowest BCUT2D eigenvalue weighted by Gasteiger charge is -2.19. The van der Waals surface area contributed by atoms with E-state index >= 15 is 0 Å². The number of allylic oxidation sites excluding steroid dienone is 4. The van der Waals surface area contributed by atoms with Crippen molar-refractivity contribution in [2.24, 2.45) is 0 Å². The molecule has 1 aliphatic heterocycles.